The van der Waals surface area contributed by atoms with Gasteiger partial charge in [-0.05, 0) is 43.0 Å². The lowest BCUT2D eigenvalue weighted by atomic mass is 10.0. The molecule has 0 aromatic heterocycles. The molecule has 2 aliphatic heterocycles. The Balaban J connectivity index is 1.40. The van der Waals surface area contributed by atoms with Gasteiger partial charge in [0.1, 0.15) is 5.75 Å². The van der Waals surface area contributed by atoms with Gasteiger partial charge in [-0.2, -0.15) is 0 Å². The number of esters is 1. The molecule has 2 heterocycles. The maximum Gasteiger partial charge on any atom is 0.316 e. The number of hydrogen-bond acceptors (Lipinski definition) is 4. The predicted octanol–water partition coefficient (Wildman–Crippen LogP) is 2.27. The third kappa shape index (κ3) is 3.25. The molecule has 4 rings (SSSR count). The average molecular weight is 342 g/mol. The summed E-state index contributed by atoms with van der Waals surface area (Å²) in [5.74, 6) is -0.167. The number of aryl methyl sites for hydroxylation is 1. The van der Waals surface area contributed by atoms with Gasteiger partial charge in [0, 0.05) is 31.1 Å². The molecule has 1 aliphatic carbocycles. The summed E-state index contributed by atoms with van der Waals surface area (Å²) in [6, 6.07) is 5.56. The first-order valence-electron chi connectivity index (χ1n) is 9.04. The molecule has 1 saturated heterocycles. The van der Waals surface area contributed by atoms with E-state index in [1.807, 2.05) is 4.90 Å². The van der Waals surface area contributed by atoms with Crippen molar-refractivity contribution in [1.82, 2.24) is 4.90 Å². The van der Waals surface area contributed by atoms with E-state index in [4.69, 9.17) is 4.74 Å². The summed E-state index contributed by atoms with van der Waals surface area (Å²) in [6.07, 6.45) is 5.75. The number of likely N-dealkylation sites (tertiary alicyclic amines) is 1. The van der Waals surface area contributed by atoms with Crippen LogP contribution in [0.15, 0.2) is 18.2 Å². The van der Waals surface area contributed by atoms with Crippen molar-refractivity contribution in [2.45, 2.75) is 51.0 Å². The van der Waals surface area contributed by atoms with Gasteiger partial charge in [0.05, 0.1) is 5.92 Å². The molecule has 2 fully saturated rings. The fraction of sp³-hybridized carbons (Fsp3) is 0.526. The van der Waals surface area contributed by atoms with Crippen LogP contribution in [0.3, 0.4) is 0 Å². The fourth-order valence-corrected chi connectivity index (χ4v) is 4.08. The van der Waals surface area contributed by atoms with Gasteiger partial charge in [0.25, 0.3) is 0 Å². The Morgan fingerprint density at radius 2 is 1.96 bits per heavy atom. The zero-order valence-corrected chi connectivity index (χ0v) is 14.1. The number of amides is 2. The number of anilines is 1. The van der Waals surface area contributed by atoms with Gasteiger partial charge in [0.15, 0.2) is 0 Å². The number of nitrogens with zero attached hydrogens (tertiary/aromatic N) is 1. The summed E-state index contributed by atoms with van der Waals surface area (Å²) in [6.45, 7) is 0.476. The van der Waals surface area contributed by atoms with Crippen LogP contribution in [0.25, 0.3) is 0 Å². The molecule has 1 unspecified atom stereocenters. The number of ether oxygens (including phenoxy) is 1. The lowest BCUT2D eigenvalue weighted by molar-refractivity contribution is -0.139. The SMILES string of the molecule is O=C1CCc2cc(OC(=O)C3CC(=O)N(C4CCCC4)C3)ccc2N1. The van der Waals surface area contributed by atoms with Gasteiger partial charge < -0.3 is 15.0 Å². The molecule has 0 radical (unpaired) electrons. The smallest absolute Gasteiger partial charge is 0.316 e. The number of hydrogen-bond donors (Lipinski definition) is 1. The molecule has 3 aliphatic rings. The molecule has 1 aromatic rings. The number of fused-ring (bicyclic) bond motifs is 1. The van der Waals surface area contributed by atoms with Crippen LogP contribution in [0.5, 0.6) is 5.75 Å². The molecule has 25 heavy (non-hydrogen) atoms. The van der Waals surface area contributed by atoms with Gasteiger partial charge in [0.2, 0.25) is 11.8 Å². The predicted molar refractivity (Wildman–Crippen MR) is 91.1 cm³/mol. The summed E-state index contributed by atoms with van der Waals surface area (Å²) in [4.78, 5) is 38.0. The molecule has 0 bridgehead atoms. The van der Waals surface area contributed by atoms with E-state index in [0.717, 1.165) is 36.9 Å². The van der Waals surface area contributed by atoms with Gasteiger partial charge >= 0.3 is 5.97 Å². The topological polar surface area (TPSA) is 75.7 Å². The van der Waals surface area contributed by atoms with Crippen LogP contribution in [-0.4, -0.2) is 35.3 Å². The van der Waals surface area contributed by atoms with E-state index in [2.05, 4.69) is 5.32 Å². The van der Waals surface area contributed by atoms with Gasteiger partial charge in [-0.25, -0.2) is 0 Å². The van der Waals surface area contributed by atoms with Crippen molar-refractivity contribution in [2.24, 2.45) is 5.92 Å². The zero-order valence-electron chi connectivity index (χ0n) is 14.1. The summed E-state index contributed by atoms with van der Waals surface area (Å²) in [5.41, 5.74) is 1.75. The summed E-state index contributed by atoms with van der Waals surface area (Å²) < 4.78 is 5.52. The Morgan fingerprint density at radius 1 is 1.16 bits per heavy atom. The number of carbonyl (C=O) groups excluding carboxylic acids is 3. The highest BCUT2D eigenvalue weighted by Crippen LogP contribution is 2.31. The number of nitrogens with one attached hydrogen (secondary N) is 1. The highest BCUT2D eigenvalue weighted by Gasteiger charge is 2.39. The molecule has 0 spiro atoms. The number of benzene rings is 1. The van der Waals surface area contributed by atoms with E-state index in [0.29, 0.717) is 31.2 Å². The Hall–Kier alpha value is -2.37. The van der Waals surface area contributed by atoms with E-state index < -0.39 is 0 Å². The van der Waals surface area contributed by atoms with Crippen molar-refractivity contribution < 1.29 is 19.1 Å². The lowest BCUT2D eigenvalue weighted by Gasteiger charge is -2.23. The molecule has 132 valence electrons. The van der Waals surface area contributed by atoms with Crippen molar-refractivity contribution in [2.75, 3.05) is 11.9 Å². The average Bonchev–Trinajstić information content (AvgIpc) is 3.24. The van der Waals surface area contributed by atoms with E-state index in [9.17, 15) is 14.4 Å². The van der Waals surface area contributed by atoms with Gasteiger partial charge in [-0.1, -0.05) is 12.8 Å². The Labute approximate surface area is 146 Å². The first-order chi connectivity index (χ1) is 12.1. The fourth-order valence-electron chi connectivity index (χ4n) is 4.08. The molecular formula is C19H22N2O4. The molecular weight excluding hydrogens is 320 g/mol. The molecule has 6 heteroatoms. The van der Waals surface area contributed by atoms with Crippen LogP contribution >= 0.6 is 0 Å². The maximum absolute atomic E-state index is 12.5. The highest BCUT2D eigenvalue weighted by atomic mass is 16.5. The van der Waals surface area contributed by atoms with Crippen LogP contribution < -0.4 is 10.1 Å². The summed E-state index contributed by atoms with van der Waals surface area (Å²) >= 11 is 0. The van der Waals surface area contributed by atoms with Gasteiger partial charge in [-0.15, -0.1) is 0 Å². The molecule has 6 nitrogen and oxygen atoms in total. The van der Waals surface area contributed by atoms with Crippen molar-refractivity contribution in [1.29, 1.82) is 0 Å². The second-order valence-corrected chi connectivity index (χ2v) is 7.17. The third-order valence-electron chi connectivity index (χ3n) is 5.45. The van der Waals surface area contributed by atoms with E-state index in [1.165, 1.54) is 0 Å². The standard InChI is InChI=1S/C19H22N2O4/c22-17-8-5-12-9-15(6-7-16(12)20-17)25-19(24)13-10-18(23)21(11-13)14-3-1-2-4-14/h6-7,9,13-14H,1-5,8,10-11H2,(H,20,22). The number of rotatable bonds is 3. The third-order valence-corrected chi connectivity index (χ3v) is 5.45. The first-order valence-corrected chi connectivity index (χ1v) is 9.04. The molecule has 1 N–H and O–H groups in total. The van der Waals surface area contributed by atoms with Crippen LogP contribution in [0.1, 0.15) is 44.1 Å². The molecule has 1 atom stereocenters. The molecule has 1 aromatic carbocycles. The monoisotopic (exact) mass is 342 g/mol. The minimum absolute atomic E-state index is 0.00807. The van der Waals surface area contributed by atoms with E-state index in [1.54, 1.807) is 18.2 Å². The van der Waals surface area contributed by atoms with E-state index in [-0.39, 0.29) is 30.1 Å². The highest BCUT2D eigenvalue weighted by molar-refractivity contribution is 5.94. The quantitative estimate of drug-likeness (QED) is 0.675. The first kappa shape index (κ1) is 16.1. The second-order valence-electron chi connectivity index (χ2n) is 7.17. The zero-order chi connectivity index (χ0) is 17.4. The van der Waals surface area contributed by atoms with Crippen LogP contribution in [-0.2, 0) is 20.8 Å². The molecule has 2 amide bonds. The number of carbonyl (C=O) groups is 3. The Kier molecular flexibility index (Phi) is 4.19. The Bertz CT molecular complexity index is 724. The largest absolute Gasteiger partial charge is 0.426 e. The van der Waals surface area contributed by atoms with Crippen molar-refractivity contribution in [3.63, 3.8) is 0 Å². The van der Waals surface area contributed by atoms with Crippen LogP contribution in [0.2, 0.25) is 0 Å². The van der Waals surface area contributed by atoms with Crippen LogP contribution in [0.4, 0.5) is 5.69 Å². The van der Waals surface area contributed by atoms with E-state index >= 15 is 0 Å². The van der Waals surface area contributed by atoms with Crippen molar-refractivity contribution >= 4 is 23.5 Å². The lowest BCUT2D eigenvalue weighted by Crippen LogP contribution is -2.35. The second kappa shape index (κ2) is 6.50. The van der Waals surface area contributed by atoms with Crippen molar-refractivity contribution in [3.05, 3.63) is 23.8 Å². The maximum atomic E-state index is 12.5. The normalized spacial score (nSPS) is 23.5. The van der Waals surface area contributed by atoms with Crippen molar-refractivity contribution in [3.8, 4) is 5.75 Å². The van der Waals surface area contributed by atoms with Crippen LogP contribution in [0, 0.1) is 5.92 Å². The minimum Gasteiger partial charge on any atom is -0.426 e. The summed E-state index contributed by atoms with van der Waals surface area (Å²) in [5, 5.41) is 2.81. The Morgan fingerprint density at radius 3 is 2.76 bits per heavy atom. The minimum atomic E-state index is -0.385. The van der Waals surface area contributed by atoms with Gasteiger partial charge in [-0.3, -0.25) is 14.4 Å². The summed E-state index contributed by atoms with van der Waals surface area (Å²) in [7, 11) is 0. The molecule has 1 saturated carbocycles.